The molecule has 1 aromatic heterocycles. The highest BCUT2D eigenvalue weighted by molar-refractivity contribution is 8.03. The van der Waals surface area contributed by atoms with Crippen LogP contribution in [0.2, 0.25) is 0 Å². The highest BCUT2D eigenvalue weighted by Crippen LogP contribution is 2.32. The van der Waals surface area contributed by atoms with E-state index in [4.69, 9.17) is 0 Å². The molecule has 0 unspecified atom stereocenters. The highest BCUT2D eigenvalue weighted by Gasteiger charge is 2.19. The highest BCUT2D eigenvalue weighted by atomic mass is 32.2. The van der Waals surface area contributed by atoms with Gasteiger partial charge >= 0.3 is 6.61 Å². The fraction of sp³-hybridized carbons (Fsp3) is 0.357. The fourth-order valence-electron chi connectivity index (χ4n) is 1.63. The third-order valence-corrected chi connectivity index (χ3v) is 5.79. The molecule has 0 radical (unpaired) electrons. The molecule has 0 bridgehead atoms. The molecule has 2 rings (SSSR count). The van der Waals surface area contributed by atoms with Crippen LogP contribution in [-0.4, -0.2) is 33.7 Å². The molecule has 1 aromatic carbocycles. The number of aromatic nitrogens is 2. The normalized spacial score (nSPS) is 12.2. The zero-order chi connectivity index (χ0) is 17.5. The molecule has 1 amide bonds. The average molecular weight is 391 g/mol. The summed E-state index contributed by atoms with van der Waals surface area (Å²) >= 11 is 4.27. The number of ether oxygens (including phenoxy) is 1. The molecule has 1 atom stereocenters. The summed E-state index contributed by atoms with van der Waals surface area (Å²) in [5.41, 5.74) is 0.203. The summed E-state index contributed by atoms with van der Waals surface area (Å²) in [6.45, 7) is 0.782. The predicted octanol–water partition coefficient (Wildman–Crippen LogP) is 4.37. The first kappa shape index (κ1) is 18.9. The number of para-hydroxylation sites is 2. The fourth-order valence-corrected chi connectivity index (χ4v) is 4.70. The van der Waals surface area contributed by atoms with Gasteiger partial charge in [-0.1, -0.05) is 53.9 Å². The molecule has 0 aliphatic heterocycles. The molecule has 0 fully saturated rings. The van der Waals surface area contributed by atoms with Gasteiger partial charge in [0.2, 0.25) is 5.91 Å². The first-order valence-electron chi connectivity index (χ1n) is 6.97. The molecule has 0 spiro atoms. The van der Waals surface area contributed by atoms with Crippen LogP contribution in [0.1, 0.15) is 13.8 Å². The molecule has 0 aliphatic carbocycles. The number of nitrogens with zero attached hydrogens (tertiary/aromatic N) is 2. The average Bonchev–Trinajstić information content (AvgIpc) is 2.96. The van der Waals surface area contributed by atoms with E-state index in [-0.39, 0.29) is 17.3 Å². The van der Waals surface area contributed by atoms with Crippen molar-refractivity contribution in [2.75, 3.05) is 11.1 Å². The van der Waals surface area contributed by atoms with Gasteiger partial charge in [0.1, 0.15) is 5.75 Å². The Morgan fingerprint density at radius 2 is 2.04 bits per heavy atom. The number of carbonyl (C=O) groups excluding carboxylic acids is 1. The van der Waals surface area contributed by atoms with Crippen LogP contribution in [0.5, 0.6) is 5.75 Å². The topological polar surface area (TPSA) is 64.1 Å². The van der Waals surface area contributed by atoms with E-state index in [1.807, 2.05) is 6.92 Å². The maximum Gasteiger partial charge on any atom is 0.387 e. The van der Waals surface area contributed by atoms with Gasteiger partial charge in [0.15, 0.2) is 8.68 Å². The Bertz CT molecular complexity index is 685. The van der Waals surface area contributed by atoms with E-state index in [1.165, 1.54) is 35.2 Å². The van der Waals surface area contributed by atoms with Gasteiger partial charge < -0.3 is 10.1 Å². The van der Waals surface area contributed by atoms with E-state index in [0.717, 1.165) is 10.1 Å². The summed E-state index contributed by atoms with van der Waals surface area (Å²) in [6.07, 6.45) is 0. The van der Waals surface area contributed by atoms with Crippen molar-refractivity contribution in [2.24, 2.45) is 0 Å². The van der Waals surface area contributed by atoms with Gasteiger partial charge in [0.25, 0.3) is 0 Å². The van der Waals surface area contributed by atoms with Crippen molar-refractivity contribution in [3.8, 4) is 5.75 Å². The van der Waals surface area contributed by atoms with Crippen LogP contribution in [0.25, 0.3) is 0 Å². The second kappa shape index (κ2) is 9.19. The van der Waals surface area contributed by atoms with Crippen molar-refractivity contribution in [3.63, 3.8) is 0 Å². The van der Waals surface area contributed by atoms with E-state index in [0.29, 0.717) is 4.34 Å². The minimum Gasteiger partial charge on any atom is -0.433 e. The molecule has 0 saturated carbocycles. The maximum atomic E-state index is 12.4. The number of rotatable bonds is 8. The molecule has 1 heterocycles. The molecular formula is C14H15F2N3O2S3. The van der Waals surface area contributed by atoms with Crippen molar-refractivity contribution in [2.45, 2.75) is 34.4 Å². The number of hydrogen-bond donors (Lipinski definition) is 1. The van der Waals surface area contributed by atoms with Crippen LogP contribution in [0, 0.1) is 0 Å². The summed E-state index contributed by atoms with van der Waals surface area (Å²) in [7, 11) is 0. The quantitative estimate of drug-likeness (QED) is 0.674. The predicted molar refractivity (Wildman–Crippen MR) is 93.3 cm³/mol. The van der Waals surface area contributed by atoms with Crippen LogP contribution in [-0.2, 0) is 4.79 Å². The number of thioether (sulfide) groups is 2. The number of benzene rings is 1. The van der Waals surface area contributed by atoms with E-state index < -0.39 is 11.9 Å². The summed E-state index contributed by atoms with van der Waals surface area (Å²) in [4.78, 5) is 12.3. The van der Waals surface area contributed by atoms with Gasteiger partial charge in [0.05, 0.1) is 10.9 Å². The Hall–Kier alpha value is -1.39. The smallest absolute Gasteiger partial charge is 0.387 e. The first-order chi connectivity index (χ1) is 11.5. The number of alkyl halides is 2. The number of nitrogens with one attached hydrogen (secondary N) is 1. The SMILES string of the molecule is CCSc1nnc(S[C@H](C)C(=O)Nc2ccccc2OC(F)F)s1. The van der Waals surface area contributed by atoms with Crippen LogP contribution >= 0.6 is 34.9 Å². The van der Waals surface area contributed by atoms with Crippen molar-refractivity contribution in [1.29, 1.82) is 0 Å². The second-order valence-electron chi connectivity index (χ2n) is 4.39. The molecule has 5 nitrogen and oxygen atoms in total. The Kier molecular flexibility index (Phi) is 7.25. The maximum absolute atomic E-state index is 12.4. The molecule has 0 saturated heterocycles. The first-order valence-corrected chi connectivity index (χ1v) is 9.65. The lowest BCUT2D eigenvalue weighted by Gasteiger charge is -2.14. The van der Waals surface area contributed by atoms with E-state index in [1.54, 1.807) is 30.8 Å². The molecule has 2 aromatic rings. The minimum absolute atomic E-state index is 0.0735. The Morgan fingerprint density at radius 3 is 2.75 bits per heavy atom. The lowest BCUT2D eigenvalue weighted by atomic mass is 10.3. The lowest BCUT2D eigenvalue weighted by Crippen LogP contribution is -2.23. The van der Waals surface area contributed by atoms with Crippen molar-refractivity contribution >= 4 is 46.5 Å². The van der Waals surface area contributed by atoms with Gasteiger partial charge in [-0.3, -0.25) is 4.79 Å². The Labute approximate surface area is 150 Å². The minimum atomic E-state index is -2.95. The number of hydrogen-bond acceptors (Lipinski definition) is 7. The van der Waals surface area contributed by atoms with Gasteiger partial charge in [-0.05, 0) is 24.8 Å². The van der Waals surface area contributed by atoms with Crippen molar-refractivity contribution < 1.29 is 18.3 Å². The van der Waals surface area contributed by atoms with E-state index in [2.05, 4.69) is 20.3 Å². The summed E-state index contributed by atoms with van der Waals surface area (Å²) in [5, 5.41) is 10.2. The van der Waals surface area contributed by atoms with Gasteiger partial charge in [-0.2, -0.15) is 8.78 Å². The van der Waals surface area contributed by atoms with Crippen LogP contribution < -0.4 is 10.1 Å². The van der Waals surface area contributed by atoms with Crippen molar-refractivity contribution in [3.05, 3.63) is 24.3 Å². The summed E-state index contributed by atoms with van der Waals surface area (Å²) < 4.78 is 30.7. The monoisotopic (exact) mass is 391 g/mol. The molecular weight excluding hydrogens is 376 g/mol. The number of halogens is 2. The Morgan fingerprint density at radius 1 is 1.33 bits per heavy atom. The molecule has 24 heavy (non-hydrogen) atoms. The third-order valence-electron chi connectivity index (χ3n) is 2.66. The lowest BCUT2D eigenvalue weighted by molar-refractivity contribution is -0.115. The van der Waals surface area contributed by atoms with Gasteiger partial charge in [0, 0.05) is 0 Å². The second-order valence-corrected chi connectivity index (χ2v) is 8.47. The number of amides is 1. The largest absolute Gasteiger partial charge is 0.433 e. The zero-order valence-electron chi connectivity index (χ0n) is 12.9. The van der Waals surface area contributed by atoms with Gasteiger partial charge in [-0.15, -0.1) is 10.2 Å². The molecule has 1 N–H and O–H groups in total. The van der Waals surface area contributed by atoms with Crippen molar-refractivity contribution in [1.82, 2.24) is 10.2 Å². The number of carbonyl (C=O) groups is 1. The van der Waals surface area contributed by atoms with Gasteiger partial charge in [-0.25, -0.2) is 0 Å². The van der Waals surface area contributed by atoms with Crippen LogP contribution in [0.4, 0.5) is 14.5 Å². The molecule has 10 heteroatoms. The number of anilines is 1. The Balaban J connectivity index is 1.98. The van der Waals surface area contributed by atoms with Crippen LogP contribution in [0.3, 0.4) is 0 Å². The zero-order valence-corrected chi connectivity index (χ0v) is 15.3. The molecule has 130 valence electrons. The molecule has 0 aliphatic rings. The third kappa shape index (κ3) is 5.60. The van der Waals surface area contributed by atoms with Crippen LogP contribution in [0.15, 0.2) is 32.9 Å². The summed E-state index contributed by atoms with van der Waals surface area (Å²) in [5.74, 6) is 0.497. The standard InChI is InChI=1S/C14H15F2N3O2S3/c1-3-22-13-18-19-14(24-13)23-8(2)11(20)17-9-6-4-5-7-10(9)21-12(15)16/h4-8,12H,3H2,1-2H3,(H,17,20)/t8-/m1/s1. The summed E-state index contributed by atoms with van der Waals surface area (Å²) in [6, 6.07) is 6.07. The van der Waals surface area contributed by atoms with E-state index >= 15 is 0 Å². The van der Waals surface area contributed by atoms with E-state index in [9.17, 15) is 13.6 Å².